The number of fused-ring (bicyclic) bond motifs is 2. The lowest BCUT2D eigenvalue weighted by Crippen LogP contribution is -2.29. The number of hydrogen-bond donors (Lipinski definition) is 0. The van der Waals surface area contributed by atoms with E-state index in [0.29, 0.717) is 45.1 Å². The molecule has 2 aliphatic rings. The number of methoxy groups -OCH3 is 2. The largest absolute Gasteiger partial charge is 0.497 e. The first kappa shape index (κ1) is 36.9. The smallest absolute Gasteiger partial charge is 0.266 e. The summed E-state index contributed by atoms with van der Waals surface area (Å²) >= 11 is 0. The SMILES string of the molecule is COC.COc1ccc(Cc2ccc(C)cc2)cc1.O=C1c2ccccc2C(=O)N1c1ccc(Oc2ccc(N3C(=O)c4ccccc4C3=O)cc2)cc1. The number of anilines is 2. The van der Waals surface area contributed by atoms with Gasteiger partial charge in [0.25, 0.3) is 23.6 Å². The highest BCUT2D eigenvalue weighted by atomic mass is 16.5. The topological polar surface area (TPSA) is 102 Å². The lowest BCUT2D eigenvalue weighted by Gasteiger charge is -2.16. The van der Waals surface area contributed by atoms with E-state index >= 15 is 0 Å². The summed E-state index contributed by atoms with van der Waals surface area (Å²) in [6.07, 6.45) is 0.976. The molecule has 54 heavy (non-hydrogen) atoms. The van der Waals surface area contributed by atoms with Crippen LogP contribution >= 0.6 is 0 Å². The van der Waals surface area contributed by atoms with E-state index in [1.54, 1.807) is 118 Å². The molecule has 0 fully saturated rings. The molecule has 6 aromatic carbocycles. The van der Waals surface area contributed by atoms with Gasteiger partial charge in [-0.3, -0.25) is 19.2 Å². The van der Waals surface area contributed by atoms with E-state index in [2.05, 4.69) is 48.1 Å². The zero-order valence-corrected chi connectivity index (χ0v) is 30.3. The number of carbonyl (C=O) groups excluding carboxylic acids is 4. The number of imide groups is 2. The van der Waals surface area contributed by atoms with E-state index in [1.165, 1.54) is 16.7 Å². The molecule has 4 amide bonds. The van der Waals surface area contributed by atoms with Crippen molar-refractivity contribution in [2.75, 3.05) is 31.1 Å². The lowest BCUT2D eigenvalue weighted by atomic mass is 10.0. The Labute approximate surface area is 314 Å². The first-order chi connectivity index (χ1) is 26.2. The fourth-order valence-electron chi connectivity index (χ4n) is 6.00. The highest BCUT2D eigenvalue weighted by Gasteiger charge is 2.37. The number of aryl methyl sites for hydroxylation is 1. The van der Waals surface area contributed by atoms with Crippen molar-refractivity contribution < 1.29 is 33.4 Å². The molecule has 0 spiro atoms. The Morgan fingerprint density at radius 2 is 0.741 bits per heavy atom. The fraction of sp³-hybridized carbons (Fsp3) is 0.111. The number of ether oxygens (including phenoxy) is 3. The van der Waals surface area contributed by atoms with Gasteiger partial charge in [0.15, 0.2) is 0 Å². The fourth-order valence-corrected chi connectivity index (χ4v) is 6.00. The summed E-state index contributed by atoms with van der Waals surface area (Å²) in [6.45, 7) is 2.11. The first-order valence-corrected chi connectivity index (χ1v) is 17.1. The van der Waals surface area contributed by atoms with Crippen LogP contribution < -0.4 is 19.3 Å². The number of hydrogen-bond acceptors (Lipinski definition) is 7. The van der Waals surface area contributed by atoms with E-state index in [-0.39, 0.29) is 23.6 Å². The predicted molar refractivity (Wildman–Crippen MR) is 208 cm³/mol. The van der Waals surface area contributed by atoms with Gasteiger partial charge in [0.1, 0.15) is 17.2 Å². The number of nitrogens with zero attached hydrogens (tertiary/aromatic N) is 2. The molecule has 0 aliphatic carbocycles. The van der Waals surface area contributed by atoms with E-state index in [4.69, 9.17) is 9.47 Å². The quantitative estimate of drug-likeness (QED) is 0.152. The predicted octanol–water partition coefficient (Wildman–Crippen LogP) is 8.94. The molecular weight excluding hydrogens is 681 g/mol. The third-order valence-corrected chi connectivity index (χ3v) is 8.70. The maximum atomic E-state index is 12.7. The van der Waals surface area contributed by atoms with Gasteiger partial charge in [0, 0.05) is 14.2 Å². The molecule has 0 N–H and O–H groups in total. The van der Waals surface area contributed by atoms with E-state index < -0.39 is 0 Å². The minimum absolute atomic E-state index is 0.358. The van der Waals surface area contributed by atoms with Crippen LogP contribution in [0.4, 0.5) is 11.4 Å². The van der Waals surface area contributed by atoms with Crippen molar-refractivity contribution in [1.29, 1.82) is 0 Å². The van der Waals surface area contributed by atoms with Crippen LogP contribution in [0.1, 0.15) is 58.1 Å². The van der Waals surface area contributed by atoms with Gasteiger partial charge in [-0.05, 0) is 109 Å². The van der Waals surface area contributed by atoms with Crippen LogP contribution in [0, 0.1) is 6.92 Å². The van der Waals surface area contributed by atoms with Crippen LogP contribution in [0.5, 0.6) is 17.2 Å². The average Bonchev–Trinajstić information content (AvgIpc) is 3.61. The highest BCUT2D eigenvalue weighted by molar-refractivity contribution is 6.35. The maximum Gasteiger partial charge on any atom is 0.266 e. The minimum Gasteiger partial charge on any atom is -0.497 e. The second kappa shape index (κ2) is 16.7. The molecule has 0 radical (unpaired) electrons. The summed E-state index contributed by atoms with van der Waals surface area (Å²) in [5.74, 6) is 0.474. The molecule has 8 rings (SSSR count). The van der Waals surface area contributed by atoms with Gasteiger partial charge in [-0.15, -0.1) is 0 Å². The number of benzene rings is 6. The molecule has 0 atom stereocenters. The number of amides is 4. The van der Waals surface area contributed by atoms with Crippen molar-refractivity contribution in [2.45, 2.75) is 13.3 Å². The second-order valence-corrected chi connectivity index (χ2v) is 12.5. The zero-order valence-electron chi connectivity index (χ0n) is 30.3. The maximum absolute atomic E-state index is 12.7. The van der Waals surface area contributed by atoms with Gasteiger partial charge in [-0.1, -0.05) is 66.2 Å². The molecule has 270 valence electrons. The summed E-state index contributed by atoms with van der Waals surface area (Å²) < 4.78 is 15.3. The minimum atomic E-state index is -0.358. The van der Waals surface area contributed by atoms with E-state index in [1.807, 2.05) is 12.1 Å². The summed E-state index contributed by atoms with van der Waals surface area (Å²) in [5.41, 5.74) is 6.40. The highest BCUT2D eigenvalue weighted by Crippen LogP contribution is 2.33. The van der Waals surface area contributed by atoms with E-state index in [9.17, 15) is 19.2 Å². The van der Waals surface area contributed by atoms with Gasteiger partial charge in [0.2, 0.25) is 0 Å². The molecule has 2 heterocycles. The third kappa shape index (κ3) is 7.96. The van der Waals surface area contributed by atoms with Crippen molar-refractivity contribution in [2.24, 2.45) is 0 Å². The summed E-state index contributed by atoms with van der Waals surface area (Å²) in [7, 11) is 4.94. The summed E-state index contributed by atoms with van der Waals surface area (Å²) in [5, 5.41) is 0. The van der Waals surface area contributed by atoms with Gasteiger partial charge >= 0.3 is 0 Å². The van der Waals surface area contributed by atoms with Crippen molar-refractivity contribution in [1.82, 2.24) is 0 Å². The standard InChI is InChI=1S/C28H16N2O5.C15H16O.C2H6O/c31-25-21-5-1-2-6-22(21)26(32)29(25)17-9-13-19(14-10-17)35-20-15-11-18(12-16-20)30-27(33)23-7-3-4-8-24(23)28(30)34;1-12-3-5-13(6-4-12)11-14-7-9-15(16-2)10-8-14;1-3-2/h1-16H;3-10H,11H2,1-2H3;1-2H3. The van der Waals surface area contributed by atoms with Gasteiger partial charge in [0.05, 0.1) is 40.7 Å². The third-order valence-electron chi connectivity index (χ3n) is 8.70. The summed E-state index contributed by atoms with van der Waals surface area (Å²) in [4.78, 5) is 52.9. The molecule has 0 saturated heterocycles. The Kier molecular flexibility index (Phi) is 11.4. The molecule has 0 unspecified atom stereocenters. The van der Waals surface area contributed by atoms with Crippen molar-refractivity contribution in [3.8, 4) is 17.2 Å². The molecule has 9 heteroatoms. The lowest BCUT2D eigenvalue weighted by molar-refractivity contribution is 0.0910. The Morgan fingerprint density at radius 1 is 0.426 bits per heavy atom. The van der Waals surface area contributed by atoms with Crippen LogP contribution in [0.15, 0.2) is 146 Å². The average molecular weight is 719 g/mol. The second-order valence-electron chi connectivity index (χ2n) is 12.5. The Balaban J connectivity index is 0.000000218. The van der Waals surface area contributed by atoms with E-state index in [0.717, 1.165) is 22.0 Å². The van der Waals surface area contributed by atoms with Gasteiger partial charge < -0.3 is 14.2 Å². The van der Waals surface area contributed by atoms with Crippen LogP contribution in [-0.2, 0) is 11.2 Å². The van der Waals surface area contributed by atoms with Crippen LogP contribution in [0.3, 0.4) is 0 Å². The van der Waals surface area contributed by atoms with Crippen LogP contribution in [0.2, 0.25) is 0 Å². The zero-order chi connectivity index (χ0) is 38.2. The molecule has 0 saturated carbocycles. The molecule has 2 aliphatic heterocycles. The number of carbonyl (C=O) groups is 4. The van der Waals surface area contributed by atoms with Crippen molar-refractivity contribution in [3.05, 3.63) is 185 Å². The molecule has 0 bridgehead atoms. The summed E-state index contributed by atoms with van der Waals surface area (Å²) in [6, 6.07) is 43.6. The molecule has 9 nitrogen and oxygen atoms in total. The molecular formula is C45H38N2O7. The van der Waals surface area contributed by atoms with Crippen molar-refractivity contribution in [3.63, 3.8) is 0 Å². The normalized spacial score (nSPS) is 12.7. The van der Waals surface area contributed by atoms with Crippen molar-refractivity contribution >= 4 is 35.0 Å². The van der Waals surface area contributed by atoms with Gasteiger partial charge in [-0.25, -0.2) is 9.80 Å². The van der Waals surface area contributed by atoms with Crippen LogP contribution in [-0.4, -0.2) is 45.0 Å². The Bertz CT molecular complexity index is 2100. The Morgan fingerprint density at radius 3 is 1.07 bits per heavy atom. The molecule has 0 aromatic heterocycles. The number of rotatable bonds is 7. The Hall–Kier alpha value is -6.84. The molecule has 6 aromatic rings. The first-order valence-electron chi connectivity index (χ1n) is 17.1. The monoisotopic (exact) mass is 718 g/mol. The van der Waals surface area contributed by atoms with Crippen LogP contribution in [0.25, 0.3) is 0 Å². The van der Waals surface area contributed by atoms with Gasteiger partial charge in [-0.2, -0.15) is 0 Å².